The van der Waals surface area contributed by atoms with Crippen LogP contribution in [0.1, 0.15) is 102 Å². The number of aryl methyl sites for hydroxylation is 1. The Kier molecular flexibility index (Phi) is 12.3. The van der Waals surface area contributed by atoms with E-state index in [4.69, 9.17) is 4.84 Å². The highest BCUT2D eigenvalue weighted by Crippen LogP contribution is 2.30. The number of carbonyl (C=O) groups excluding carboxylic acids is 2. The summed E-state index contributed by atoms with van der Waals surface area (Å²) in [6.07, 6.45) is 16.5. The van der Waals surface area contributed by atoms with Gasteiger partial charge in [-0.05, 0) is 49.7 Å². The van der Waals surface area contributed by atoms with Crippen LogP contribution in [0.5, 0.6) is 0 Å². The molecule has 0 saturated heterocycles. The fourth-order valence-electron chi connectivity index (χ4n) is 5.18. The zero-order valence-electron chi connectivity index (χ0n) is 22.2. The third kappa shape index (κ3) is 8.91. The number of hydroxylamine groups is 2. The third-order valence-electron chi connectivity index (χ3n) is 7.45. The van der Waals surface area contributed by atoms with Gasteiger partial charge in [0.05, 0.1) is 6.21 Å². The van der Waals surface area contributed by atoms with Crippen LogP contribution in [0.3, 0.4) is 0 Å². The van der Waals surface area contributed by atoms with Gasteiger partial charge in [-0.3, -0.25) is 4.79 Å². The molecule has 0 spiro atoms. The minimum Gasteiger partial charge on any atom is -0.366 e. The number of nitrogens with zero attached hydrogens (tertiary/aromatic N) is 3. The molecule has 36 heavy (non-hydrogen) atoms. The highest BCUT2D eigenvalue weighted by molar-refractivity contribution is 7.80. The summed E-state index contributed by atoms with van der Waals surface area (Å²) >= 11 is 4.29. The lowest BCUT2D eigenvalue weighted by Crippen LogP contribution is -2.48. The van der Waals surface area contributed by atoms with E-state index in [0.29, 0.717) is 5.75 Å². The summed E-state index contributed by atoms with van der Waals surface area (Å²) in [5.74, 6) is -0.595. The first-order valence-electron chi connectivity index (χ1n) is 14.1. The van der Waals surface area contributed by atoms with Gasteiger partial charge in [0.2, 0.25) is 5.91 Å². The van der Waals surface area contributed by atoms with Crippen LogP contribution in [0, 0.1) is 5.92 Å². The Bertz CT molecular complexity index is 815. The van der Waals surface area contributed by atoms with Crippen molar-refractivity contribution in [2.24, 2.45) is 11.0 Å². The molecule has 0 radical (unpaired) electrons. The number of hydrogen-bond acceptors (Lipinski definition) is 6. The molecule has 6 nitrogen and oxygen atoms in total. The molecule has 1 amide bonds. The summed E-state index contributed by atoms with van der Waals surface area (Å²) in [5.41, 5.74) is 2.19. The SMILES string of the molecule is CCCCc1ccc(C=NN(CC(=O)ON(C2CCCCC2)C2CCCCC2)C(=O)C(C)CS)cc1. The maximum Gasteiger partial charge on any atom is 0.346 e. The van der Waals surface area contributed by atoms with Crippen LogP contribution in [-0.2, 0) is 20.8 Å². The van der Waals surface area contributed by atoms with Crippen molar-refractivity contribution in [3.05, 3.63) is 35.4 Å². The minimum atomic E-state index is -0.419. The zero-order valence-corrected chi connectivity index (χ0v) is 23.1. The molecule has 1 atom stereocenters. The number of hydrazone groups is 1. The number of unbranched alkanes of at least 4 members (excludes halogenated alkanes) is 1. The van der Waals surface area contributed by atoms with Crippen molar-refractivity contribution in [1.29, 1.82) is 0 Å². The molecule has 0 aromatic heterocycles. The Labute approximate surface area is 223 Å². The predicted molar refractivity (Wildman–Crippen MR) is 149 cm³/mol. The van der Waals surface area contributed by atoms with E-state index in [2.05, 4.69) is 36.8 Å². The van der Waals surface area contributed by atoms with E-state index >= 15 is 0 Å². The van der Waals surface area contributed by atoms with Gasteiger partial charge in [-0.2, -0.15) is 17.7 Å². The van der Waals surface area contributed by atoms with Crippen LogP contribution in [-0.4, -0.2) is 52.5 Å². The maximum atomic E-state index is 13.2. The Morgan fingerprint density at radius 1 is 1.03 bits per heavy atom. The molecule has 200 valence electrons. The average molecular weight is 516 g/mol. The molecule has 2 saturated carbocycles. The Morgan fingerprint density at radius 3 is 2.14 bits per heavy atom. The van der Waals surface area contributed by atoms with Crippen molar-refractivity contribution in [3.8, 4) is 0 Å². The Balaban J connectivity index is 1.69. The largest absolute Gasteiger partial charge is 0.366 e. The molecule has 7 heteroatoms. The first kappa shape index (κ1) is 28.7. The number of carbonyl (C=O) groups is 2. The van der Waals surface area contributed by atoms with E-state index in [0.717, 1.165) is 44.1 Å². The van der Waals surface area contributed by atoms with Gasteiger partial charge in [-0.25, -0.2) is 9.80 Å². The predicted octanol–water partition coefficient (Wildman–Crippen LogP) is 6.18. The van der Waals surface area contributed by atoms with E-state index in [1.807, 2.05) is 24.1 Å². The lowest BCUT2D eigenvalue weighted by molar-refractivity contribution is -0.223. The van der Waals surface area contributed by atoms with Gasteiger partial charge in [0.15, 0.2) is 0 Å². The fraction of sp³-hybridized carbons (Fsp3) is 0.690. The van der Waals surface area contributed by atoms with Gasteiger partial charge >= 0.3 is 5.97 Å². The third-order valence-corrected chi connectivity index (χ3v) is 8.00. The van der Waals surface area contributed by atoms with Crippen LogP contribution >= 0.6 is 12.6 Å². The second-order valence-electron chi connectivity index (χ2n) is 10.5. The second-order valence-corrected chi connectivity index (χ2v) is 10.8. The second kappa shape index (κ2) is 15.4. The van der Waals surface area contributed by atoms with Crippen molar-refractivity contribution < 1.29 is 14.4 Å². The summed E-state index contributed by atoms with van der Waals surface area (Å²) in [7, 11) is 0. The van der Waals surface area contributed by atoms with Crippen LogP contribution in [0.2, 0.25) is 0 Å². The number of rotatable bonds is 12. The molecule has 1 unspecified atom stereocenters. The van der Waals surface area contributed by atoms with Crippen LogP contribution in [0.4, 0.5) is 0 Å². The molecule has 0 N–H and O–H groups in total. The number of amides is 1. The summed E-state index contributed by atoms with van der Waals surface area (Å²) < 4.78 is 0. The van der Waals surface area contributed by atoms with Gasteiger partial charge < -0.3 is 4.84 Å². The van der Waals surface area contributed by atoms with E-state index < -0.39 is 5.97 Å². The quantitative estimate of drug-likeness (QED) is 0.205. The Morgan fingerprint density at radius 2 is 1.61 bits per heavy atom. The highest BCUT2D eigenvalue weighted by Gasteiger charge is 2.33. The lowest BCUT2D eigenvalue weighted by Gasteiger charge is -2.39. The van der Waals surface area contributed by atoms with Crippen molar-refractivity contribution in [2.45, 2.75) is 109 Å². The van der Waals surface area contributed by atoms with Crippen molar-refractivity contribution >= 4 is 30.7 Å². The van der Waals surface area contributed by atoms with Crippen LogP contribution < -0.4 is 0 Å². The number of thiol groups is 1. The number of benzene rings is 1. The van der Waals surface area contributed by atoms with Crippen molar-refractivity contribution in [2.75, 3.05) is 12.3 Å². The van der Waals surface area contributed by atoms with Crippen LogP contribution in [0.25, 0.3) is 0 Å². The fourth-order valence-corrected chi connectivity index (χ4v) is 5.34. The Hall–Kier alpha value is -1.86. The molecule has 1 aromatic rings. The van der Waals surface area contributed by atoms with Gasteiger partial charge in [0, 0.05) is 23.8 Å². The van der Waals surface area contributed by atoms with Gasteiger partial charge in [-0.1, -0.05) is 83.1 Å². The van der Waals surface area contributed by atoms with E-state index in [9.17, 15) is 9.59 Å². The molecule has 1 aromatic carbocycles. The molecule has 2 fully saturated rings. The average Bonchev–Trinajstić information content (AvgIpc) is 2.93. The minimum absolute atomic E-state index is 0.196. The van der Waals surface area contributed by atoms with Crippen molar-refractivity contribution in [1.82, 2.24) is 10.1 Å². The van der Waals surface area contributed by atoms with Crippen LogP contribution in [0.15, 0.2) is 29.4 Å². The molecule has 0 bridgehead atoms. The molecule has 2 aliphatic carbocycles. The highest BCUT2D eigenvalue weighted by atomic mass is 32.1. The monoisotopic (exact) mass is 515 g/mol. The van der Waals surface area contributed by atoms with E-state index in [1.165, 1.54) is 55.5 Å². The van der Waals surface area contributed by atoms with Gasteiger partial charge in [-0.15, -0.1) is 5.06 Å². The summed E-state index contributed by atoms with van der Waals surface area (Å²) in [6.45, 7) is 3.80. The van der Waals surface area contributed by atoms with E-state index in [-0.39, 0.29) is 30.5 Å². The smallest absolute Gasteiger partial charge is 0.346 e. The maximum absolute atomic E-state index is 13.2. The lowest BCUT2D eigenvalue weighted by atomic mass is 9.90. The first-order valence-corrected chi connectivity index (χ1v) is 14.7. The topological polar surface area (TPSA) is 62.2 Å². The summed E-state index contributed by atoms with van der Waals surface area (Å²) in [6, 6.07) is 8.76. The van der Waals surface area contributed by atoms with Gasteiger partial charge in [0.25, 0.3) is 0 Å². The molecule has 0 heterocycles. The molecule has 3 rings (SSSR count). The van der Waals surface area contributed by atoms with E-state index in [1.54, 1.807) is 6.21 Å². The standard InChI is InChI=1S/C29H45N3O3S/c1-3-4-11-24-16-18-25(19-17-24)20-30-31(29(34)23(2)22-36)21-28(33)35-32(26-12-7-5-8-13-26)27-14-9-6-10-15-27/h16-20,23,26-27,36H,3-15,21-22H2,1-2H3. The molecular formula is C29H45N3O3S. The molecule has 0 aliphatic heterocycles. The molecular weight excluding hydrogens is 470 g/mol. The van der Waals surface area contributed by atoms with Gasteiger partial charge in [0.1, 0.15) is 6.54 Å². The first-order chi connectivity index (χ1) is 17.5. The van der Waals surface area contributed by atoms with Crippen molar-refractivity contribution in [3.63, 3.8) is 0 Å². The zero-order chi connectivity index (χ0) is 25.8. The summed E-state index contributed by atoms with van der Waals surface area (Å²) in [5, 5.41) is 7.69. The number of hydrogen-bond donors (Lipinski definition) is 1. The summed E-state index contributed by atoms with van der Waals surface area (Å²) in [4.78, 5) is 32.2. The normalized spacial score (nSPS) is 18.4. The molecule has 2 aliphatic rings.